The third-order valence-corrected chi connectivity index (χ3v) is 7.22. The molecule has 12 nitrogen and oxygen atoms in total. The van der Waals surface area contributed by atoms with Gasteiger partial charge < -0.3 is 42.7 Å². The van der Waals surface area contributed by atoms with Gasteiger partial charge in [-0.3, -0.25) is 14.4 Å². The quantitative estimate of drug-likeness (QED) is 0.101. The van der Waals surface area contributed by atoms with Crippen LogP contribution < -0.4 is 27.4 Å². The molecule has 0 fully saturated rings. The number of carbonyl (C=O) groups is 4. The van der Waals surface area contributed by atoms with Crippen LogP contribution >= 0.6 is 0 Å². The van der Waals surface area contributed by atoms with Gasteiger partial charge in [-0.15, -0.1) is 0 Å². The molecule has 0 radical (unpaired) electrons. The van der Waals surface area contributed by atoms with E-state index in [2.05, 4.69) is 16.0 Å². The van der Waals surface area contributed by atoms with Gasteiger partial charge in [0.15, 0.2) is 0 Å². The standard InChI is InChI=1S/C33H41N5O7/c34-17-5-4-8-26(35)30(41)36-27(18-22-9-13-24(39)14-10-22)31(42)37-28(19-23-11-15-25(40)16-12-23)32(43)38-29(33(44)45)20-21-6-2-1-3-7-21/h1-3,6-7,9-16,26-29,39-40H,4-5,8,17-20,34-35H2,(H,36,41)(H,37,42)(H,38,43)(H,44,45). The van der Waals surface area contributed by atoms with E-state index >= 15 is 0 Å². The van der Waals surface area contributed by atoms with Crippen LogP contribution in [0.4, 0.5) is 0 Å². The molecule has 0 aliphatic heterocycles. The average Bonchev–Trinajstić information content (AvgIpc) is 3.02. The van der Waals surface area contributed by atoms with Crippen LogP contribution in [0.5, 0.6) is 11.5 Å². The number of carbonyl (C=O) groups excluding carboxylic acids is 3. The summed E-state index contributed by atoms with van der Waals surface area (Å²) in [6.45, 7) is 0.457. The lowest BCUT2D eigenvalue weighted by Gasteiger charge is -2.25. The zero-order valence-electron chi connectivity index (χ0n) is 24.9. The predicted molar refractivity (Wildman–Crippen MR) is 168 cm³/mol. The van der Waals surface area contributed by atoms with E-state index in [1.54, 1.807) is 54.6 Å². The summed E-state index contributed by atoms with van der Waals surface area (Å²) in [6.07, 6.45) is 1.68. The lowest BCUT2D eigenvalue weighted by molar-refractivity contribution is -0.142. The van der Waals surface area contributed by atoms with Gasteiger partial charge in [-0.2, -0.15) is 0 Å². The Hall–Kier alpha value is -4.94. The molecule has 0 bridgehead atoms. The number of amides is 3. The van der Waals surface area contributed by atoms with E-state index in [4.69, 9.17) is 11.5 Å². The molecule has 0 aromatic heterocycles. The SMILES string of the molecule is NCCCCC(N)C(=O)NC(Cc1ccc(O)cc1)C(=O)NC(Cc1ccc(O)cc1)C(=O)NC(Cc1ccccc1)C(=O)O. The minimum atomic E-state index is -1.28. The summed E-state index contributed by atoms with van der Waals surface area (Å²) in [5, 5.41) is 37.2. The maximum Gasteiger partial charge on any atom is 0.326 e. The average molecular weight is 620 g/mol. The van der Waals surface area contributed by atoms with E-state index < -0.39 is 47.9 Å². The van der Waals surface area contributed by atoms with E-state index in [9.17, 15) is 34.5 Å². The van der Waals surface area contributed by atoms with E-state index in [-0.39, 0.29) is 30.8 Å². The molecule has 3 amide bonds. The topological polar surface area (TPSA) is 217 Å². The molecule has 3 rings (SSSR count). The van der Waals surface area contributed by atoms with Gasteiger partial charge in [-0.1, -0.05) is 61.0 Å². The molecule has 3 aromatic carbocycles. The van der Waals surface area contributed by atoms with Crippen LogP contribution in [0, 0.1) is 0 Å². The maximum atomic E-state index is 13.7. The molecule has 4 atom stereocenters. The smallest absolute Gasteiger partial charge is 0.326 e. The van der Waals surface area contributed by atoms with E-state index in [1.807, 2.05) is 0 Å². The minimum Gasteiger partial charge on any atom is -0.508 e. The first-order valence-corrected chi connectivity index (χ1v) is 14.7. The molecule has 0 saturated carbocycles. The Balaban J connectivity index is 1.84. The summed E-state index contributed by atoms with van der Waals surface area (Å²) in [7, 11) is 0. The Morgan fingerprint density at radius 3 is 1.49 bits per heavy atom. The van der Waals surface area contributed by atoms with Gasteiger partial charge in [-0.05, 0) is 60.3 Å². The Labute approximate surface area is 261 Å². The molecule has 45 heavy (non-hydrogen) atoms. The van der Waals surface area contributed by atoms with E-state index in [0.29, 0.717) is 42.5 Å². The highest BCUT2D eigenvalue weighted by Crippen LogP contribution is 2.14. The van der Waals surface area contributed by atoms with Gasteiger partial charge in [-0.25, -0.2) is 4.79 Å². The van der Waals surface area contributed by atoms with Crippen molar-refractivity contribution >= 4 is 23.7 Å². The summed E-state index contributed by atoms with van der Waals surface area (Å²) in [5.74, 6) is -3.20. The first-order valence-electron chi connectivity index (χ1n) is 14.7. The van der Waals surface area contributed by atoms with Crippen LogP contribution in [0.1, 0.15) is 36.0 Å². The summed E-state index contributed by atoms with van der Waals surface area (Å²) < 4.78 is 0. The van der Waals surface area contributed by atoms with Crippen molar-refractivity contribution in [2.45, 2.75) is 62.7 Å². The number of hydrogen-bond acceptors (Lipinski definition) is 8. The molecule has 3 aromatic rings. The fourth-order valence-electron chi connectivity index (χ4n) is 4.67. The molecular weight excluding hydrogens is 578 g/mol. The van der Waals surface area contributed by atoms with Crippen molar-refractivity contribution in [1.82, 2.24) is 16.0 Å². The number of aromatic hydroxyl groups is 2. The first kappa shape index (κ1) is 34.5. The monoisotopic (exact) mass is 619 g/mol. The minimum absolute atomic E-state index is 0.0112. The summed E-state index contributed by atoms with van der Waals surface area (Å²) >= 11 is 0. The van der Waals surface area contributed by atoms with Gasteiger partial charge in [0.2, 0.25) is 17.7 Å². The van der Waals surface area contributed by atoms with Crippen molar-refractivity contribution in [3.8, 4) is 11.5 Å². The Kier molecular flexibility index (Phi) is 13.3. The molecule has 0 aliphatic carbocycles. The molecule has 0 heterocycles. The highest BCUT2D eigenvalue weighted by atomic mass is 16.4. The Bertz CT molecular complexity index is 1400. The van der Waals surface area contributed by atoms with Crippen molar-refractivity contribution in [2.75, 3.05) is 6.54 Å². The highest BCUT2D eigenvalue weighted by molar-refractivity contribution is 5.94. The summed E-state index contributed by atoms with van der Waals surface area (Å²) in [4.78, 5) is 52.4. The van der Waals surface area contributed by atoms with Crippen LogP contribution in [0.3, 0.4) is 0 Å². The predicted octanol–water partition coefficient (Wildman–Crippen LogP) is 1.12. The van der Waals surface area contributed by atoms with Gasteiger partial charge in [0.05, 0.1) is 6.04 Å². The third-order valence-electron chi connectivity index (χ3n) is 7.22. The third kappa shape index (κ3) is 11.6. The van der Waals surface area contributed by atoms with Crippen LogP contribution in [-0.2, 0) is 38.4 Å². The number of phenolic OH excluding ortho intramolecular Hbond substituents is 2. The Morgan fingerprint density at radius 1 is 0.600 bits per heavy atom. The molecule has 0 saturated heterocycles. The number of nitrogens with two attached hydrogens (primary N) is 2. The fourth-order valence-corrected chi connectivity index (χ4v) is 4.67. The van der Waals surface area contributed by atoms with Gasteiger partial charge in [0, 0.05) is 19.3 Å². The normalized spacial score (nSPS) is 13.6. The molecule has 0 spiro atoms. The van der Waals surface area contributed by atoms with Crippen LogP contribution in [-0.4, -0.2) is 69.7 Å². The summed E-state index contributed by atoms with van der Waals surface area (Å²) in [6, 6.07) is 16.4. The number of nitrogens with one attached hydrogen (secondary N) is 3. The van der Waals surface area contributed by atoms with Crippen molar-refractivity contribution in [1.29, 1.82) is 0 Å². The first-order chi connectivity index (χ1) is 21.5. The number of rotatable bonds is 17. The van der Waals surface area contributed by atoms with Gasteiger partial charge in [0.25, 0.3) is 0 Å². The highest BCUT2D eigenvalue weighted by Gasteiger charge is 2.31. The zero-order chi connectivity index (χ0) is 32.8. The molecular formula is C33H41N5O7. The largest absolute Gasteiger partial charge is 0.508 e. The number of phenols is 2. The molecule has 12 heteroatoms. The van der Waals surface area contributed by atoms with Gasteiger partial charge in [0.1, 0.15) is 29.6 Å². The molecule has 10 N–H and O–H groups in total. The second-order valence-electron chi connectivity index (χ2n) is 10.8. The van der Waals surface area contributed by atoms with Crippen LogP contribution in [0.2, 0.25) is 0 Å². The molecule has 4 unspecified atom stereocenters. The number of carboxylic acids is 1. The number of hydrogen-bond donors (Lipinski definition) is 8. The van der Waals surface area contributed by atoms with Crippen molar-refractivity contribution < 1.29 is 34.5 Å². The van der Waals surface area contributed by atoms with Crippen LogP contribution in [0.25, 0.3) is 0 Å². The Morgan fingerprint density at radius 2 is 1.02 bits per heavy atom. The van der Waals surface area contributed by atoms with Crippen molar-refractivity contribution in [3.63, 3.8) is 0 Å². The number of unbranched alkanes of at least 4 members (excludes halogenated alkanes) is 1. The number of benzene rings is 3. The second-order valence-corrected chi connectivity index (χ2v) is 10.8. The van der Waals surface area contributed by atoms with E-state index in [1.165, 1.54) is 24.3 Å². The summed E-state index contributed by atoms with van der Waals surface area (Å²) in [5.41, 5.74) is 13.5. The van der Waals surface area contributed by atoms with Gasteiger partial charge >= 0.3 is 5.97 Å². The molecule has 0 aliphatic rings. The maximum absolute atomic E-state index is 13.7. The van der Waals surface area contributed by atoms with E-state index in [0.717, 1.165) is 0 Å². The fraction of sp³-hybridized carbons (Fsp3) is 0.333. The van der Waals surface area contributed by atoms with Crippen molar-refractivity contribution in [2.24, 2.45) is 11.5 Å². The number of carboxylic acid groups (broad SMARTS) is 1. The lowest BCUT2D eigenvalue weighted by Crippen LogP contribution is -2.58. The second kappa shape index (κ2) is 17.4. The van der Waals surface area contributed by atoms with Crippen molar-refractivity contribution in [3.05, 3.63) is 95.6 Å². The molecule has 240 valence electrons. The lowest BCUT2D eigenvalue weighted by atomic mass is 10.0. The van der Waals surface area contributed by atoms with Crippen LogP contribution in [0.15, 0.2) is 78.9 Å². The zero-order valence-corrected chi connectivity index (χ0v) is 24.9. The number of aliphatic carboxylic acids is 1.